The predicted molar refractivity (Wildman–Crippen MR) is 45.9 cm³/mol. The first-order valence-corrected chi connectivity index (χ1v) is 4.62. The summed E-state index contributed by atoms with van der Waals surface area (Å²) in [5.74, 6) is 0. The minimum atomic E-state index is -0.374. The van der Waals surface area contributed by atoms with E-state index in [2.05, 4.69) is 0 Å². The summed E-state index contributed by atoms with van der Waals surface area (Å²) in [7, 11) is 0. The van der Waals surface area contributed by atoms with E-state index in [0.29, 0.717) is 6.61 Å². The average Bonchev–Trinajstić information content (AvgIpc) is 2.20. The van der Waals surface area contributed by atoms with Gasteiger partial charge in [-0.3, -0.25) is 4.84 Å². The summed E-state index contributed by atoms with van der Waals surface area (Å²) in [6.45, 7) is 2.18. The van der Waals surface area contributed by atoms with Gasteiger partial charge in [0.2, 0.25) is 0 Å². The molecule has 2 bridgehead atoms. The topological polar surface area (TPSA) is 38.8 Å². The van der Waals surface area contributed by atoms with Gasteiger partial charge in [0.1, 0.15) is 6.10 Å². The molecule has 3 aliphatic rings. The van der Waals surface area contributed by atoms with E-state index in [1.165, 1.54) is 5.06 Å². The summed E-state index contributed by atoms with van der Waals surface area (Å²) in [5.41, 5.74) is 0. The number of nitrogens with zero attached hydrogens (tertiary/aromatic N) is 1. The summed E-state index contributed by atoms with van der Waals surface area (Å²) < 4.78 is 4.86. The van der Waals surface area contributed by atoms with Crippen molar-refractivity contribution in [2.75, 3.05) is 6.61 Å². The molecular weight excluding hydrogens is 170 g/mol. The van der Waals surface area contributed by atoms with Crippen LogP contribution in [0.2, 0.25) is 0 Å². The molecule has 0 aromatic heterocycles. The highest BCUT2D eigenvalue weighted by Gasteiger charge is 2.35. The largest absolute Gasteiger partial charge is 0.448 e. The molecule has 0 spiro atoms. The zero-order chi connectivity index (χ0) is 9.26. The Hall–Kier alpha value is -1.03. The lowest BCUT2D eigenvalue weighted by Gasteiger charge is -2.39. The zero-order valence-electron chi connectivity index (χ0n) is 7.60. The number of hydrogen-bond acceptors (Lipinski definition) is 3. The van der Waals surface area contributed by atoms with E-state index in [4.69, 9.17) is 9.57 Å². The van der Waals surface area contributed by atoms with Crippen molar-refractivity contribution in [1.82, 2.24) is 5.06 Å². The van der Waals surface area contributed by atoms with Crippen LogP contribution in [0.25, 0.3) is 0 Å². The highest BCUT2D eigenvalue weighted by atomic mass is 16.7. The number of fused-ring (bicyclic) bond motifs is 2. The van der Waals surface area contributed by atoms with Gasteiger partial charge in [-0.1, -0.05) is 12.2 Å². The second-order valence-corrected chi connectivity index (χ2v) is 3.20. The molecule has 72 valence electrons. The third-order valence-electron chi connectivity index (χ3n) is 2.29. The number of rotatable bonds is 1. The van der Waals surface area contributed by atoms with Crippen molar-refractivity contribution in [3.63, 3.8) is 0 Å². The molecule has 0 radical (unpaired) electrons. The van der Waals surface area contributed by atoms with Crippen molar-refractivity contribution in [3.8, 4) is 0 Å². The fourth-order valence-corrected chi connectivity index (χ4v) is 1.65. The van der Waals surface area contributed by atoms with E-state index in [1.807, 2.05) is 12.2 Å². The number of carbonyl (C=O) groups excluding carboxylic acids is 1. The molecule has 2 aliphatic heterocycles. The molecule has 4 nitrogen and oxygen atoms in total. The smallest absolute Gasteiger partial charge is 0.434 e. The van der Waals surface area contributed by atoms with Gasteiger partial charge in [-0.15, -0.1) is 0 Å². The van der Waals surface area contributed by atoms with Gasteiger partial charge >= 0.3 is 6.09 Å². The lowest BCUT2D eigenvalue weighted by atomic mass is 9.99. The Kier molecular flexibility index (Phi) is 2.22. The van der Waals surface area contributed by atoms with E-state index >= 15 is 0 Å². The van der Waals surface area contributed by atoms with Crippen LogP contribution in [0, 0.1) is 0 Å². The quantitative estimate of drug-likeness (QED) is 0.578. The summed E-state index contributed by atoms with van der Waals surface area (Å²) >= 11 is 0. The molecule has 0 N–H and O–H groups in total. The van der Waals surface area contributed by atoms with Crippen LogP contribution in [0.1, 0.15) is 19.8 Å². The van der Waals surface area contributed by atoms with Crippen LogP contribution in [0.4, 0.5) is 4.79 Å². The summed E-state index contributed by atoms with van der Waals surface area (Å²) in [5, 5.41) is 1.34. The summed E-state index contributed by atoms with van der Waals surface area (Å²) in [6, 6.07) is 0.0732. The number of hydrogen-bond donors (Lipinski definition) is 0. The first-order valence-electron chi connectivity index (χ1n) is 4.62. The van der Waals surface area contributed by atoms with Gasteiger partial charge in [0, 0.05) is 0 Å². The molecular formula is C9H13NO3. The molecule has 1 amide bonds. The monoisotopic (exact) mass is 183 g/mol. The second-order valence-electron chi connectivity index (χ2n) is 3.20. The summed E-state index contributed by atoms with van der Waals surface area (Å²) in [4.78, 5) is 16.7. The molecule has 1 aliphatic carbocycles. The SMILES string of the molecule is CCOC(=O)N1OC2C=CC1CC2. The first kappa shape index (κ1) is 8.56. The van der Waals surface area contributed by atoms with Gasteiger partial charge in [-0.25, -0.2) is 4.79 Å². The van der Waals surface area contributed by atoms with Crippen LogP contribution in [0.3, 0.4) is 0 Å². The van der Waals surface area contributed by atoms with Gasteiger partial charge in [-0.05, 0) is 19.8 Å². The van der Waals surface area contributed by atoms with E-state index in [-0.39, 0.29) is 18.2 Å². The van der Waals surface area contributed by atoms with E-state index in [1.54, 1.807) is 6.92 Å². The molecule has 0 aromatic rings. The molecule has 0 saturated carbocycles. The maximum Gasteiger partial charge on any atom is 0.434 e. The minimum absolute atomic E-state index is 0.0643. The molecule has 2 heterocycles. The highest BCUT2D eigenvalue weighted by Crippen LogP contribution is 2.27. The maximum absolute atomic E-state index is 11.3. The number of hydroxylamine groups is 2. The van der Waals surface area contributed by atoms with Gasteiger partial charge in [0.05, 0.1) is 12.6 Å². The fourth-order valence-electron chi connectivity index (χ4n) is 1.65. The lowest BCUT2D eigenvalue weighted by molar-refractivity contribution is -0.208. The Bertz CT molecular complexity index is 239. The lowest BCUT2D eigenvalue weighted by Crippen LogP contribution is -2.48. The van der Waals surface area contributed by atoms with Crippen molar-refractivity contribution >= 4 is 6.09 Å². The zero-order valence-corrected chi connectivity index (χ0v) is 7.60. The van der Waals surface area contributed by atoms with Crippen LogP contribution >= 0.6 is 0 Å². The molecule has 13 heavy (non-hydrogen) atoms. The van der Waals surface area contributed by atoms with Crippen LogP contribution in [0.5, 0.6) is 0 Å². The highest BCUT2D eigenvalue weighted by molar-refractivity contribution is 5.67. The summed E-state index contributed by atoms with van der Waals surface area (Å²) in [6.07, 6.45) is 5.67. The van der Waals surface area contributed by atoms with E-state index < -0.39 is 0 Å². The molecule has 1 saturated heterocycles. The number of amides is 1. The Morgan fingerprint density at radius 2 is 2.46 bits per heavy atom. The third kappa shape index (κ3) is 1.54. The fraction of sp³-hybridized carbons (Fsp3) is 0.667. The molecule has 1 fully saturated rings. The van der Waals surface area contributed by atoms with Gasteiger partial charge in [-0.2, -0.15) is 5.06 Å². The van der Waals surface area contributed by atoms with Gasteiger partial charge in [0.25, 0.3) is 0 Å². The van der Waals surface area contributed by atoms with Crippen molar-refractivity contribution in [2.45, 2.75) is 31.9 Å². The molecule has 2 atom stereocenters. The molecule has 2 unspecified atom stereocenters. The van der Waals surface area contributed by atoms with Crippen LogP contribution in [-0.2, 0) is 9.57 Å². The average molecular weight is 183 g/mol. The van der Waals surface area contributed by atoms with Crippen LogP contribution < -0.4 is 0 Å². The molecule has 4 heteroatoms. The first-order chi connectivity index (χ1) is 6.31. The van der Waals surface area contributed by atoms with Gasteiger partial charge in [0.15, 0.2) is 0 Å². The van der Waals surface area contributed by atoms with Crippen molar-refractivity contribution in [2.24, 2.45) is 0 Å². The van der Waals surface area contributed by atoms with Crippen LogP contribution in [0.15, 0.2) is 12.2 Å². The van der Waals surface area contributed by atoms with Gasteiger partial charge < -0.3 is 4.74 Å². The standard InChI is InChI=1S/C9H13NO3/c1-2-12-9(11)10-7-3-5-8(13-10)6-4-7/h3,5,7-8H,2,4,6H2,1H3. The molecule has 3 rings (SSSR count). The Morgan fingerprint density at radius 1 is 1.62 bits per heavy atom. The number of carbonyl (C=O) groups is 1. The normalized spacial score (nSPS) is 30.7. The third-order valence-corrected chi connectivity index (χ3v) is 2.29. The van der Waals surface area contributed by atoms with Crippen molar-refractivity contribution < 1.29 is 14.4 Å². The molecule has 0 aromatic carbocycles. The maximum atomic E-state index is 11.3. The minimum Gasteiger partial charge on any atom is -0.448 e. The second kappa shape index (κ2) is 3.38. The van der Waals surface area contributed by atoms with E-state index in [9.17, 15) is 4.79 Å². The van der Waals surface area contributed by atoms with Crippen molar-refractivity contribution in [1.29, 1.82) is 0 Å². The Balaban J connectivity index is 2.02. The van der Waals surface area contributed by atoms with Crippen molar-refractivity contribution in [3.05, 3.63) is 12.2 Å². The Labute approximate surface area is 77.1 Å². The number of ether oxygens (including phenoxy) is 1. The van der Waals surface area contributed by atoms with Crippen LogP contribution in [-0.4, -0.2) is 29.9 Å². The Morgan fingerprint density at radius 3 is 2.92 bits per heavy atom. The van der Waals surface area contributed by atoms with E-state index in [0.717, 1.165) is 12.8 Å². The predicted octanol–water partition coefficient (Wildman–Crippen LogP) is 1.48.